The highest BCUT2D eigenvalue weighted by Crippen LogP contribution is 2.20. The van der Waals surface area contributed by atoms with E-state index >= 15 is 0 Å². The third kappa shape index (κ3) is 3.72. The van der Waals surface area contributed by atoms with Gasteiger partial charge in [0.1, 0.15) is 18.5 Å². The van der Waals surface area contributed by atoms with Crippen molar-refractivity contribution in [3.63, 3.8) is 0 Å². The zero-order valence-electron chi connectivity index (χ0n) is 11.5. The molecule has 1 saturated heterocycles. The summed E-state index contributed by atoms with van der Waals surface area (Å²) in [6, 6.07) is 8.75. The Morgan fingerprint density at radius 1 is 1.44 bits per heavy atom. The highest BCUT2D eigenvalue weighted by Gasteiger charge is 2.18. The van der Waals surface area contributed by atoms with Crippen LogP contribution in [-0.2, 0) is 4.74 Å². The molecule has 1 N–H and O–H groups in total. The van der Waals surface area contributed by atoms with Crippen molar-refractivity contribution in [1.29, 1.82) is 0 Å². The van der Waals surface area contributed by atoms with Crippen molar-refractivity contribution >= 4 is 0 Å². The molecule has 2 rings (SSSR count). The first-order valence-corrected chi connectivity index (χ1v) is 6.73. The minimum atomic E-state index is 0.156. The van der Waals surface area contributed by atoms with Gasteiger partial charge in [0.25, 0.3) is 0 Å². The lowest BCUT2D eigenvalue weighted by atomic mass is 10.0. The average molecular weight is 249 g/mol. The molecule has 100 valence electrons. The molecule has 0 radical (unpaired) electrons. The molecule has 1 heterocycles. The predicted molar refractivity (Wildman–Crippen MR) is 73.2 cm³/mol. The van der Waals surface area contributed by atoms with Gasteiger partial charge in [0.15, 0.2) is 0 Å². The van der Waals surface area contributed by atoms with E-state index in [1.165, 1.54) is 5.56 Å². The molecule has 1 aromatic rings. The third-order valence-corrected chi connectivity index (χ3v) is 3.24. The smallest absolute Gasteiger partial charge is 0.119 e. The number of hydrogen-bond donors (Lipinski definition) is 1. The first-order chi connectivity index (χ1) is 8.65. The highest BCUT2D eigenvalue weighted by molar-refractivity contribution is 5.30. The number of benzene rings is 1. The predicted octanol–water partition coefficient (Wildman–Crippen LogP) is 2.57. The largest absolute Gasteiger partial charge is 0.491 e. The van der Waals surface area contributed by atoms with Crippen molar-refractivity contribution in [3.8, 4) is 5.75 Å². The maximum Gasteiger partial charge on any atom is 0.119 e. The van der Waals surface area contributed by atoms with Crippen LogP contribution in [0, 0.1) is 0 Å². The number of ether oxygens (including phenoxy) is 2. The first kappa shape index (κ1) is 13.4. The van der Waals surface area contributed by atoms with E-state index in [4.69, 9.17) is 9.47 Å². The minimum absolute atomic E-state index is 0.156. The minimum Gasteiger partial charge on any atom is -0.491 e. The second-order valence-electron chi connectivity index (χ2n) is 5.30. The van der Waals surface area contributed by atoms with Crippen LogP contribution in [0.25, 0.3) is 0 Å². The molecule has 0 amide bonds. The molecule has 0 saturated carbocycles. The summed E-state index contributed by atoms with van der Waals surface area (Å²) in [6.45, 7) is 8.75. The van der Waals surface area contributed by atoms with Gasteiger partial charge < -0.3 is 14.8 Å². The van der Waals surface area contributed by atoms with E-state index in [-0.39, 0.29) is 6.10 Å². The standard InChI is InChI=1S/C15H23NO2/c1-11(2)13-5-4-6-14(7-13)18-10-15-8-16-12(3)9-17-15/h4-7,11-12,15-16H,8-10H2,1-3H3. The third-order valence-electron chi connectivity index (χ3n) is 3.24. The molecule has 1 aliphatic rings. The second kappa shape index (κ2) is 6.21. The topological polar surface area (TPSA) is 30.5 Å². The average Bonchev–Trinajstić information content (AvgIpc) is 2.38. The van der Waals surface area contributed by atoms with Gasteiger partial charge in [0.2, 0.25) is 0 Å². The number of morpholine rings is 1. The molecule has 1 aromatic carbocycles. The van der Waals surface area contributed by atoms with E-state index in [1.54, 1.807) is 0 Å². The van der Waals surface area contributed by atoms with E-state index < -0.39 is 0 Å². The lowest BCUT2D eigenvalue weighted by Gasteiger charge is -2.28. The van der Waals surface area contributed by atoms with Gasteiger partial charge >= 0.3 is 0 Å². The van der Waals surface area contributed by atoms with Gasteiger partial charge in [-0.25, -0.2) is 0 Å². The quantitative estimate of drug-likeness (QED) is 0.889. The number of hydrogen-bond acceptors (Lipinski definition) is 3. The first-order valence-electron chi connectivity index (χ1n) is 6.73. The van der Waals surface area contributed by atoms with Crippen LogP contribution >= 0.6 is 0 Å². The number of nitrogens with one attached hydrogen (secondary N) is 1. The van der Waals surface area contributed by atoms with Crippen LogP contribution in [0.3, 0.4) is 0 Å². The lowest BCUT2D eigenvalue weighted by Crippen LogP contribution is -2.46. The van der Waals surface area contributed by atoms with Gasteiger partial charge in [-0.05, 0) is 30.5 Å². The Hall–Kier alpha value is -1.06. The Labute approximate surface area is 109 Å². The van der Waals surface area contributed by atoms with Crippen LogP contribution in [0.4, 0.5) is 0 Å². The van der Waals surface area contributed by atoms with Crippen LogP contribution in [0.15, 0.2) is 24.3 Å². The molecule has 2 atom stereocenters. The van der Waals surface area contributed by atoms with Gasteiger partial charge in [0, 0.05) is 12.6 Å². The van der Waals surface area contributed by atoms with Gasteiger partial charge in [-0.2, -0.15) is 0 Å². The van der Waals surface area contributed by atoms with E-state index in [0.717, 1.165) is 18.9 Å². The van der Waals surface area contributed by atoms with E-state index in [9.17, 15) is 0 Å². The number of rotatable bonds is 4. The molecule has 0 bridgehead atoms. The van der Waals surface area contributed by atoms with E-state index in [2.05, 4.69) is 38.2 Å². The fourth-order valence-electron chi connectivity index (χ4n) is 1.99. The SMILES string of the molecule is CC1COC(COc2cccc(C(C)C)c2)CN1. The highest BCUT2D eigenvalue weighted by atomic mass is 16.5. The summed E-state index contributed by atoms with van der Waals surface area (Å²) in [5.74, 6) is 1.46. The van der Waals surface area contributed by atoms with Crippen molar-refractivity contribution in [1.82, 2.24) is 5.32 Å². The maximum atomic E-state index is 5.81. The van der Waals surface area contributed by atoms with E-state index in [1.807, 2.05) is 12.1 Å². The molecular formula is C15H23NO2. The van der Waals surface area contributed by atoms with Crippen molar-refractivity contribution in [2.45, 2.75) is 38.8 Å². The van der Waals surface area contributed by atoms with Crippen LogP contribution in [-0.4, -0.2) is 31.9 Å². The van der Waals surface area contributed by atoms with Crippen LogP contribution < -0.4 is 10.1 Å². The molecule has 0 spiro atoms. The molecule has 3 heteroatoms. The van der Waals surface area contributed by atoms with Crippen molar-refractivity contribution in [2.75, 3.05) is 19.8 Å². The second-order valence-corrected chi connectivity index (χ2v) is 5.30. The monoisotopic (exact) mass is 249 g/mol. The fraction of sp³-hybridized carbons (Fsp3) is 0.600. The zero-order valence-corrected chi connectivity index (χ0v) is 11.5. The molecule has 3 nitrogen and oxygen atoms in total. The Bertz CT molecular complexity index is 371. The Kier molecular flexibility index (Phi) is 4.61. The van der Waals surface area contributed by atoms with Gasteiger partial charge in [-0.15, -0.1) is 0 Å². The Balaban J connectivity index is 1.84. The van der Waals surface area contributed by atoms with Gasteiger partial charge in [-0.1, -0.05) is 26.0 Å². The Morgan fingerprint density at radius 3 is 2.94 bits per heavy atom. The molecule has 0 aliphatic carbocycles. The molecular weight excluding hydrogens is 226 g/mol. The van der Waals surface area contributed by atoms with Crippen LogP contribution in [0.2, 0.25) is 0 Å². The fourth-order valence-corrected chi connectivity index (χ4v) is 1.99. The molecule has 1 fully saturated rings. The summed E-state index contributed by atoms with van der Waals surface area (Å²) in [6.07, 6.45) is 0.156. The summed E-state index contributed by atoms with van der Waals surface area (Å²) in [4.78, 5) is 0. The van der Waals surface area contributed by atoms with E-state index in [0.29, 0.717) is 18.6 Å². The summed E-state index contributed by atoms with van der Waals surface area (Å²) >= 11 is 0. The van der Waals surface area contributed by atoms with Crippen molar-refractivity contribution in [3.05, 3.63) is 29.8 Å². The Morgan fingerprint density at radius 2 is 2.28 bits per heavy atom. The zero-order chi connectivity index (χ0) is 13.0. The van der Waals surface area contributed by atoms with Crippen molar-refractivity contribution in [2.24, 2.45) is 0 Å². The molecule has 1 aliphatic heterocycles. The summed E-state index contributed by atoms with van der Waals surface area (Å²) in [5, 5.41) is 3.39. The summed E-state index contributed by atoms with van der Waals surface area (Å²) < 4.78 is 11.5. The van der Waals surface area contributed by atoms with Gasteiger partial charge in [0.05, 0.1) is 6.61 Å². The molecule has 0 aromatic heterocycles. The summed E-state index contributed by atoms with van der Waals surface area (Å²) in [7, 11) is 0. The summed E-state index contributed by atoms with van der Waals surface area (Å²) in [5.41, 5.74) is 1.31. The normalized spacial score (nSPS) is 24.2. The molecule has 18 heavy (non-hydrogen) atoms. The van der Waals surface area contributed by atoms with Gasteiger partial charge in [-0.3, -0.25) is 0 Å². The van der Waals surface area contributed by atoms with Crippen LogP contribution in [0.5, 0.6) is 5.75 Å². The lowest BCUT2D eigenvalue weighted by molar-refractivity contribution is -0.0165. The van der Waals surface area contributed by atoms with Crippen LogP contribution in [0.1, 0.15) is 32.3 Å². The van der Waals surface area contributed by atoms with Crippen molar-refractivity contribution < 1.29 is 9.47 Å². The maximum absolute atomic E-state index is 5.81. The molecule has 2 unspecified atom stereocenters.